The lowest BCUT2D eigenvalue weighted by Gasteiger charge is -2.10. The van der Waals surface area contributed by atoms with Crippen LogP contribution in [0.3, 0.4) is 0 Å². The smallest absolute Gasteiger partial charge is 0.256 e. The van der Waals surface area contributed by atoms with E-state index in [1.807, 2.05) is 20.9 Å². The highest BCUT2D eigenvalue weighted by atomic mass is 19.1. The second kappa shape index (κ2) is 7.94. The average molecular weight is 404 g/mol. The van der Waals surface area contributed by atoms with Gasteiger partial charge in [0, 0.05) is 24.5 Å². The molecular weight excluding hydrogens is 383 g/mol. The molecule has 0 aliphatic carbocycles. The van der Waals surface area contributed by atoms with Crippen molar-refractivity contribution >= 4 is 22.6 Å². The second-order valence-electron chi connectivity index (χ2n) is 7.12. The number of hydrogen-bond acceptors (Lipinski definition) is 4. The Morgan fingerprint density at radius 2 is 1.90 bits per heavy atom. The van der Waals surface area contributed by atoms with Gasteiger partial charge in [0.1, 0.15) is 18.2 Å². The topological polar surface area (TPSA) is 69.0 Å². The van der Waals surface area contributed by atoms with E-state index in [-0.39, 0.29) is 11.7 Å². The molecule has 1 amide bonds. The minimum atomic E-state index is -0.284. The van der Waals surface area contributed by atoms with Gasteiger partial charge in [-0.2, -0.15) is 5.10 Å². The van der Waals surface area contributed by atoms with Crippen molar-refractivity contribution in [1.82, 2.24) is 14.8 Å². The molecule has 0 bridgehead atoms. The largest absolute Gasteiger partial charge is 0.489 e. The molecule has 7 heteroatoms. The van der Waals surface area contributed by atoms with Gasteiger partial charge in [0.2, 0.25) is 0 Å². The number of carbonyl (C=O) groups is 1. The molecule has 2 aromatic heterocycles. The lowest BCUT2D eigenvalue weighted by atomic mass is 10.1. The van der Waals surface area contributed by atoms with E-state index in [4.69, 9.17) is 4.74 Å². The molecule has 0 aliphatic rings. The first-order valence-corrected chi connectivity index (χ1v) is 9.50. The zero-order chi connectivity index (χ0) is 21.3. The molecular formula is C23H21FN4O2. The number of carbonyl (C=O) groups excluding carboxylic acids is 1. The number of ether oxygens (including phenoxy) is 1. The number of anilines is 1. The standard InChI is InChI=1S/C23H21FN4O2/c1-14-11-20(21-15(2)27-28(3)22(21)25-14)23(29)26-18-5-4-6-19(12-18)30-13-16-7-9-17(24)10-8-16/h4-12H,13H2,1-3H3,(H,26,29). The fraction of sp³-hybridized carbons (Fsp3) is 0.174. The number of aromatic nitrogens is 3. The Morgan fingerprint density at radius 1 is 1.13 bits per heavy atom. The van der Waals surface area contributed by atoms with Crippen LogP contribution in [0.15, 0.2) is 54.6 Å². The van der Waals surface area contributed by atoms with Crippen LogP contribution in [0, 0.1) is 19.7 Å². The Hall–Kier alpha value is -3.74. The van der Waals surface area contributed by atoms with Gasteiger partial charge in [0.25, 0.3) is 5.91 Å². The summed E-state index contributed by atoms with van der Waals surface area (Å²) in [4.78, 5) is 17.5. The van der Waals surface area contributed by atoms with Crippen molar-refractivity contribution in [3.05, 3.63) is 82.9 Å². The van der Waals surface area contributed by atoms with E-state index < -0.39 is 0 Å². The van der Waals surface area contributed by atoms with Gasteiger partial charge >= 0.3 is 0 Å². The number of fused-ring (bicyclic) bond motifs is 1. The summed E-state index contributed by atoms with van der Waals surface area (Å²) in [6.07, 6.45) is 0. The van der Waals surface area contributed by atoms with Crippen molar-refractivity contribution in [3.63, 3.8) is 0 Å². The van der Waals surface area contributed by atoms with Crippen LogP contribution in [0.25, 0.3) is 11.0 Å². The lowest BCUT2D eigenvalue weighted by Crippen LogP contribution is -2.13. The summed E-state index contributed by atoms with van der Waals surface area (Å²) < 4.78 is 20.5. The number of nitrogens with zero attached hydrogens (tertiary/aromatic N) is 3. The number of rotatable bonds is 5. The van der Waals surface area contributed by atoms with Gasteiger partial charge in [-0.25, -0.2) is 9.37 Å². The summed E-state index contributed by atoms with van der Waals surface area (Å²) in [6.45, 7) is 4.01. The molecule has 0 unspecified atom stereocenters. The summed E-state index contributed by atoms with van der Waals surface area (Å²) in [6, 6.07) is 15.1. The highest BCUT2D eigenvalue weighted by molar-refractivity contribution is 6.12. The maximum atomic E-state index is 13.0. The molecule has 4 rings (SSSR count). The monoisotopic (exact) mass is 404 g/mol. The fourth-order valence-electron chi connectivity index (χ4n) is 3.36. The van der Waals surface area contributed by atoms with E-state index >= 15 is 0 Å². The van der Waals surface area contributed by atoms with Gasteiger partial charge in [-0.05, 0) is 49.7 Å². The van der Waals surface area contributed by atoms with E-state index in [0.717, 1.165) is 22.3 Å². The van der Waals surface area contributed by atoms with Crippen LogP contribution in [0.5, 0.6) is 5.75 Å². The Balaban J connectivity index is 1.53. The highest BCUT2D eigenvalue weighted by Gasteiger charge is 2.18. The molecule has 0 atom stereocenters. The Labute approximate surface area is 173 Å². The van der Waals surface area contributed by atoms with Crippen molar-refractivity contribution < 1.29 is 13.9 Å². The predicted octanol–water partition coefficient (Wildman–Crippen LogP) is 4.56. The third-order valence-corrected chi connectivity index (χ3v) is 4.75. The molecule has 1 N–H and O–H groups in total. The fourth-order valence-corrected chi connectivity index (χ4v) is 3.36. The van der Waals surface area contributed by atoms with Gasteiger partial charge in [-0.3, -0.25) is 9.48 Å². The van der Waals surface area contributed by atoms with Gasteiger partial charge < -0.3 is 10.1 Å². The lowest BCUT2D eigenvalue weighted by molar-refractivity contribution is 0.102. The minimum Gasteiger partial charge on any atom is -0.489 e. The van der Waals surface area contributed by atoms with Crippen LogP contribution in [0.4, 0.5) is 10.1 Å². The number of benzene rings is 2. The molecule has 30 heavy (non-hydrogen) atoms. The zero-order valence-corrected chi connectivity index (χ0v) is 16.9. The van der Waals surface area contributed by atoms with Crippen LogP contribution in [-0.4, -0.2) is 20.7 Å². The predicted molar refractivity (Wildman–Crippen MR) is 113 cm³/mol. The average Bonchev–Trinajstić information content (AvgIpc) is 3.00. The van der Waals surface area contributed by atoms with Crippen LogP contribution in [-0.2, 0) is 13.7 Å². The number of nitrogens with one attached hydrogen (secondary N) is 1. The van der Waals surface area contributed by atoms with Gasteiger partial charge in [0.15, 0.2) is 5.65 Å². The first-order valence-electron chi connectivity index (χ1n) is 9.50. The van der Waals surface area contributed by atoms with Crippen molar-refractivity contribution in [1.29, 1.82) is 0 Å². The number of hydrogen-bond donors (Lipinski definition) is 1. The molecule has 152 valence electrons. The van der Waals surface area contributed by atoms with E-state index in [2.05, 4.69) is 15.4 Å². The van der Waals surface area contributed by atoms with Crippen molar-refractivity contribution in [3.8, 4) is 5.75 Å². The summed E-state index contributed by atoms with van der Waals surface area (Å²) in [5.74, 6) is 0.0794. The van der Waals surface area contributed by atoms with Crippen LogP contribution in [0.2, 0.25) is 0 Å². The van der Waals surface area contributed by atoms with Gasteiger partial charge in [-0.15, -0.1) is 0 Å². The molecule has 2 aromatic carbocycles. The van der Waals surface area contributed by atoms with Gasteiger partial charge in [-0.1, -0.05) is 18.2 Å². The normalized spacial score (nSPS) is 10.9. The quantitative estimate of drug-likeness (QED) is 0.530. The van der Waals surface area contributed by atoms with E-state index in [9.17, 15) is 9.18 Å². The summed E-state index contributed by atoms with van der Waals surface area (Å²) >= 11 is 0. The molecule has 6 nitrogen and oxygen atoms in total. The van der Waals surface area contributed by atoms with Crippen LogP contribution < -0.4 is 10.1 Å². The Kier molecular flexibility index (Phi) is 5.18. The highest BCUT2D eigenvalue weighted by Crippen LogP contribution is 2.24. The minimum absolute atomic E-state index is 0.239. The zero-order valence-electron chi connectivity index (χ0n) is 16.9. The van der Waals surface area contributed by atoms with E-state index in [1.54, 1.807) is 47.1 Å². The first-order chi connectivity index (χ1) is 14.4. The molecule has 0 aliphatic heterocycles. The first kappa shape index (κ1) is 19.6. The second-order valence-corrected chi connectivity index (χ2v) is 7.12. The summed E-state index contributed by atoms with van der Waals surface area (Å²) in [5, 5.41) is 8.05. The van der Waals surface area contributed by atoms with Crippen molar-refractivity contribution in [2.75, 3.05) is 5.32 Å². The van der Waals surface area contributed by atoms with E-state index in [1.165, 1.54) is 12.1 Å². The maximum Gasteiger partial charge on any atom is 0.256 e. The maximum absolute atomic E-state index is 13.0. The number of pyridine rings is 1. The SMILES string of the molecule is Cc1cc(C(=O)Nc2cccc(OCc3ccc(F)cc3)c2)c2c(C)nn(C)c2n1. The molecule has 0 saturated carbocycles. The number of halogens is 1. The molecule has 2 heterocycles. The van der Waals surface area contributed by atoms with Crippen molar-refractivity contribution in [2.45, 2.75) is 20.5 Å². The molecule has 0 spiro atoms. The third kappa shape index (κ3) is 4.00. The Morgan fingerprint density at radius 3 is 2.67 bits per heavy atom. The van der Waals surface area contributed by atoms with Crippen molar-refractivity contribution in [2.24, 2.45) is 7.05 Å². The molecule has 0 fully saturated rings. The molecule has 4 aromatic rings. The number of amides is 1. The molecule has 0 saturated heterocycles. The Bertz CT molecular complexity index is 1230. The third-order valence-electron chi connectivity index (χ3n) is 4.75. The number of aryl methyl sites for hydroxylation is 3. The summed E-state index contributed by atoms with van der Waals surface area (Å²) in [7, 11) is 1.81. The molecule has 0 radical (unpaired) electrons. The van der Waals surface area contributed by atoms with Crippen LogP contribution >= 0.6 is 0 Å². The van der Waals surface area contributed by atoms with Gasteiger partial charge in [0.05, 0.1) is 16.6 Å². The van der Waals surface area contributed by atoms with E-state index in [0.29, 0.717) is 29.3 Å². The van der Waals surface area contributed by atoms with Crippen LogP contribution in [0.1, 0.15) is 27.3 Å². The summed E-state index contributed by atoms with van der Waals surface area (Å²) in [5.41, 5.74) is 4.16.